The van der Waals surface area contributed by atoms with Crippen LogP contribution in [0.5, 0.6) is 0 Å². The lowest BCUT2D eigenvalue weighted by Gasteiger charge is -2.15. The summed E-state index contributed by atoms with van der Waals surface area (Å²) in [7, 11) is 1.91. The van der Waals surface area contributed by atoms with Gasteiger partial charge in [0.25, 0.3) is 0 Å². The molecule has 1 saturated carbocycles. The second-order valence-electron chi connectivity index (χ2n) is 5.56. The lowest BCUT2D eigenvalue weighted by Crippen LogP contribution is -2.17. The lowest BCUT2D eigenvalue weighted by molar-refractivity contribution is 0.613. The molecule has 106 valence electrons. The first kappa shape index (κ1) is 14.1. The Morgan fingerprint density at radius 2 is 2.00 bits per heavy atom. The Labute approximate surface area is 116 Å². The predicted octanol–water partition coefficient (Wildman–Crippen LogP) is 3.78. The van der Waals surface area contributed by atoms with E-state index in [1.54, 1.807) is 0 Å². The third kappa shape index (κ3) is 4.37. The summed E-state index contributed by atoms with van der Waals surface area (Å²) >= 11 is 0. The highest BCUT2D eigenvalue weighted by atomic mass is 15.1. The molecule has 0 aliphatic heterocycles. The van der Waals surface area contributed by atoms with Crippen molar-refractivity contribution in [1.29, 1.82) is 0 Å². The molecule has 1 aliphatic carbocycles. The number of nitrogens with zero attached hydrogens (tertiary/aromatic N) is 2. The molecular formula is C15H26N4. The molecule has 19 heavy (non-hydrogen) atoms. The summed E-state index contributed by atoms with van der Waals surface area (Å²) in [6.07, 6.45) is 7.54. The minimum absolute atomic E-state index is 0.471. The summed E-state index contributed by atoms with van der Waals surface area (Å²) < 4.78 is 0. The zero-order chi connectivity index (χ0) is 13.7. The van der Waals surface area contributed by atoms with E-state index >= 15 is 0 Å². The Morgan fingerprint density at radius 3 is 2.63 bits per heavy atom. The van der Waals surface area contributed by atoms with Crippen LogP contribution < -0.4 is 10.6 Å². The molecule has 4 nitrogen and oxygen atoms in total. The van der Waals surface area contributed by atoms with Crippen LogP contribution in [0.2, 0.25) is 0 Å². The maximum atomic E-state index is 4.65. The fraction of sp³-hybridized carbons (Fsp3) is 0.733. The fourth-order valence-corrected chi connectivity index (χ4v) is 2.22. The molecule has 0 saturated heterocycles. The summed E-state index contributed by atoms with van der Waals surface area (Å²) in [6.45, 7) is 4.47. The molecule has 1 aliphatic rings. The van der Waals surface area contributed by atoms with Gasteiger partial charge in [-0.3, -0.25) is 0 Å². The van der Waals surface area contributed by atoms with Crippen molar-refractivity contribution in [2.24, 2.45) is 0 Å². The van der Waals surface area contributed by atoms with Gasteiger partial charge in [-0.15, -0.1) is 0 Å². The van der Waals surface area contributed by atoms with Gasteiger partial charge in [-0.25, -0.2) is 9.97 Å². The quantitative estimate of drug-likeness (QED) is 0.700. The second kappa shape index (κ2) is 6.73. The second-order valence-corrected chi connectivity index (χ2v) is 5.56. The van der Waals surface area contributed by atoms with E-state index < -0.39 is 0 Å². The van der Waals surface area contributed by atoms with E-state index in [1.807, 2.05) is 13.1 Å². The summed E-state index contributed by atoms with van der Waals surface area (Å²) in [5, 5.41) is 6.63. The van der Waals surface area contributed by atoms with Crippen molar-refractivity contribution in [3.63, 3.8) is 0 Å². The van der Waals surface area contributed by atoms with Crippen LogP contribution in [-0.4, -0.2) is 23.1 Å². The van der Waals surface area contributed by atoms with Gasteiger partial charge in [0.2, 0.25) is 0 Å². The normalized spacial score (nSPS) is 16.2. The van der Waals surface area contributed by atoms with Gasteiger partial charge < -0.3 is 10.6 Å². The van der Waals surface area contributed by atoms with Gasteiger partial charge in [0.1, 0.15) is 17.5 Å². The van der Waals surface area contributed by atoms with Crippen LogP contribution in [0.1, 0.15) is 64.1 Å². The standard InChI is InChI=1S/C15H26N4/c1-4-5-6-7-11(2)17-14-10-13(16-3)18-15(19-14)12-8-9-12/h10-12H,4-9H2,1-3H3,(H2,16,17,18,19). The molecule has 2 N–H and O–H groups in total. The van der Waals surface area contributed by atoms with E-state index in [-0.39, 0.29) is 0 Å². The minimum Gasteiger partial charge on any atom is -0.373 e. The van der Waals surface area contributed by atoms with Crippen LogP contribution >= 0.6 is 0 Å². The van der Waals surface area contributed by atoms with E-state index in [0.717, 1.165) is 17.5 Å². The van der Waals surface area contributed by atoms with Crippen LogP contribution in [0.25, 0.3) is 0 Å². The summed E-state index contributed by atoms with van der Waals surface area (Å²) in [6, 6.07) is 2.47. The van der Waals surface area contributed by atoms with E-state index in [1.165, 1.54) is 38.5 Å². The smallest absolute Gasteiger partial charge is 0.136 e. The highest BCUT2D eigenvalue weighted by molar-refractivity contribution is 5.48. The van der Waals surface area contributed by atoms with Gasteiger partial charge in [0.15, 0.2) is 0 Å². The van der Waals surface area contributed by atoms with Crippen molar-refractivity contribution in [2.45, 2.75) is 64.3 Å². The molecule has 1 heterocycles. The molecule has 0 amide bonds. The van der Waals surface area contributed by atoms with E-state index in [0.29, 0.717) is 12.0 Å². The van der Waals surface area contributed by atoms with Gasteiger partial charge in [-0.05, 0) is 26.2 Å². The minimum atomic E-state index is 0.471. The number of rotatable bonds is 8. The molecule has 0 radical (unpaired) electrons. The topological polar surface area (TPSA) is 49.8 Å². The largest absolute Gasteiger partial charge is 0.373 e. The summed E-state index contributed by atoms with van der Waals surface area (Å²) in [4.78, 5) is 9.18. The van der Waals surface area contributed by atoms with Crippen molar-refractivity contribution in [2.75, 3.05) is 17.7 Å². The van der Waals surface area contributed by atoms with E-state index in [4.69, 9.17) is 0 Å². The first-order valence-electron chi connectivity index (χ1n) is 7.56. The monoisotopic (exact) mass is 262 g/mol. The Balaban J connectivity index is 1.96. The molecule has 1 aromatic heterocycles. The lowest BCUT2D eigenvalue weighted by atomic mass is 10.1. The van der Waals surface area contributed by atoms with E-state index in [9.17, 15) is 0 Å². The van der Waals surface area contributed by atoms with Crippen molar-refractivity contribution in [3.8, 4) is 0 Å². The highest BCUT2D eigenvalue weighted by Gasteiger charge is 2.27. The third-order valence-electron chi connectivity index (χ3n) is 3.58. The molecule has 0 bridgehead atoms. The van der Waals surface area contributed by atoms with Crippen LogP contribution in [0.15, 0.2) is 6.07 Å². The van der Waals surface area contributed by atoms with Crippen LogP contribution in [-0.2, 0) is 0 Å². The zero-order valence-electron chi connectivity index (χ0n) is 12.4. The molecule has 0 spiro atoms. The maximum absolute atomic E-state index is 4.65. The van der Waals surface area contributed by atoms with Gasteiger partial charge >= 0.3 is 0 Å². The van der Waals surface area contributed by atoms with Crippen LogP contribution in [0.3, 0.4) is 0 Å². The molecule has 1 fully saturated rings. The predicted molar refractivity (Wildman–Crippen MR) is 80.8 cm³/mol. The number of aromatic nitrogens is 2. The average molecular weight is 262 g/mol. The summed E-state index contributed by atoms with van der Waals surface area (Å²) in [5.41, 5.74) is 0. The first-order chi connectivity index (χ1) is 9.22. The number of hydrogen-bond donors (Lipinski definition) is 2. The zero-order valence-corrected chi connectivity index (χ0v) is 12.4. The van der Waals surface area contributed by atoms with Crippen molar-refractivity contribution >= 4 is 11.6 Å². The van der Waals surface area contributed by atoms with Gasteiger partial charge in [-0.1, -0.05) is 26.2 Å². The molecule has 1 unspecified atom stereocenters. The molecule has 4 heteroatoms. The Morgan fingerprint density at radius 1 is 1.26 bits per heavy atom. The molecule has 1 atom stereocenters. The van der Waals surface area contributed by atoms with Crippen molar-refractivity contribution in [1.82, 2.24) is 9.97 Å². The number of hydrogen-bond acceptors (Lipinski definition) is 4. The van der Waals surface area contributed by atoms with Crippen molar-refractivity contribution < 1.29 is 0 Å². The number of anilines is 2. The molecular weight excluding hydrogens is 236 g/mol. The summed E-state index contributed by atoms with van der Waals surface area (Å²) in [5.74, 6) is 3.46. The van der Waals surface area contributed by atoms with Gasteiger partial charge in [0.05, 0.1) is 0 Å². The van der Waals surface area contributed by atoms with Gasteiger partial charge in [-0.2, -0.15) is 0 Å². The average Bonchev–Trinajstić information content (AvgIpc) is 3.23. The Hall–Kier alpha value is -1.32. The van der Waals surface area contributed by atoms with Crippen LogP contribution in [0, 0.1) is 0 Å². The fourth-order valence-electron chi connectivity index (χ4n) is 2.22. The molecule has 1 aromatic rings. The molecule has 0 aromatic carbocycles. The molecule has 2 rings (SSSR count). The van der Waals surface area contributed by atoms with Gasteiger partial charge in [0, 0.05) is 25.1 Å². The van der Waals surface area contributed by atoms with E-state index in [2.05, 4.69) is 34.4 Å². The van der Waals surface area contributed by atoms with Crippen LogP contribution in [0.4, 0.5) is 11.6 Å². The Kier molecular flexibility index (Phi) is 5.00. The Bertz CT molecular complexity index is 401. The first-order valence-corrected chi connectivity index (χ1v) is 7.56. The maximum Gasteiger partial charge on any atom is 0.136 e. The highest BCUT2D eigenvalue weighted by Crippen LogP contribution is 2.38. The van der Waals surface area contributed by atoms with Crippen molar-refractivity contribution in [3.05, 3.63) is 11.9 Å². The SMILES string of the molecule is CCCCCC(C)Nc1cc(NC)nc(C2CC2)n1. The number of unbranched alkanes of at least 4 members (excludes halogenated alkanes) is 2. The number of nitrogens with one attached hydrogen (secondary N) is 2. The third-order valence-corrected chi connectivity index (χ3v) is 3.58.